The Kier molecular flexibility index (Phi) is 3.10. The molecule has 0 unspecified atom stereocenters. The number of para-hydroxylation sites is 2. The maximum atomic E-state index is 9.15. The Labute approximate surface area is 116 Å². The molecule has 0 saturated carbocycles. The molecule has 0 fully saturated rings. The van der Waals surface area contributed by atoms with Crippen molar-refractivity contribution >= 4 is 11.0 Å². The summed E-state index contributed by atoms with van der Waals surface area (Å²) in [7, 11) is 0. The van der Waals surface area contributed by atoms with Crippen LogP contribution in [0.5, 0.6) is 0 Å². The molecule has 92 valence electrons. The molecule has 0 radical (unpaired) electrons. The van der Waals surface area contributed by atoms with Gasteiger partial charge in [0, 0.05) is 5.56 Å². The van der Waals surface area contributed by atoms with Crippen molar-refractivity contribution < 1.29 is 0 Å². The van der Waals surface area contributed by atoms with Gasteiger partial charge in [0.05, 0.1) is 11.0 Å². The van der Waals surface area contributed by atoms with Crippen LogP contribution in [0.4, 0.5) is 0 Å². The lowest BCUT2D eigenvalue weighted by Crippen LogP contribution is -1.95. The van der Waals surface area contributed by atoms with Gasteiger partial charge in [0.2, 0.25) is 0 Å². The number of nitrogens with zero attached hydrogens (tertiary/aromatic N) is 3. The number of rotatable bonds is 0. The third-order valence-electron chi connectivity index (χ3n) is 2.78. The minimum absolute atomic E-state index is 0.257. The van der Waals surface area contributed by atoms with Crippen LogP contribution in [-0.4, -0.2) is 9.97 Å². The highest BCUT2D eigenvalue weighted by atomic mass is 14.8. The summed E-state index contributed by atoms with van der Waals surface area (Å²) in [4.78, 5) is 8.68. The van der Waals surface area contributed by atoms with Crippen LogP contribution in [0, 0.1) is 23.2 Å². The fourth-order valence-corrected chi connectivity index (χ4v) is 1.82. The van der Waals surface area contributed by atoms with Crippen LogP contribution in [0.2, 0.25) is 0 Å². The Bertz CT molecular complexity index is 865. The number of benzene rings is 2. The van der Waals surface area contributed by atoms with E-state index in [0.717, 1.165) is 11.1 Å². The normalized spacial score (nSPS) is 9.55. The van der Waals surface area contributed by atoms with Crippen LogP contribution >= 0.6 is 0 Å². The van der Waals surface area contributed by atoms with E-state index in [1.54, 1.807) is 0 Å². The fraction of sp³-hybridized carbons (Fsp3) is 0. The van der Waals surface area contributed by atoms with E-state index in [1.807, 2.05) is 60.7 Å². The number of fused-ring (bicyclic) bond motifs is 1. The molecule has 0 spiro atoms. The lowest BCUT2D eigenvalue weighted by molar-refractivity contribution is 1.21. The number of hydrogen-bond acceptors (Lipinski definition) is 3. The van der Waals surface area contributed by atoms with E-state index in [4.69, 9.17) is 5.26 Å². The third-order valence-corrected chi connectivity index (χ3v) is 2.78. The minimum atomic E-state index is 0.257. The van der Waals surface area contributed by atoms with Gasteiger partial charge in [0.15, 0.2) is 11.4 Å². The summed E-state index contributed by atoms with van der Waals surface area (Å²) in [6, 6.07) is 19.1. The maximum absolute atomic E-state index is 9.15. The molecule has 1 heterocycles. The molecule has 0 aliphatic heterocycles. The van der Waals surface area contributed by atoms with Crippen LogP contribution in [0.1, 0.15) is 17.0 Å². The van der Waals surface area contributed by atoms with Crippen LogP contribution < -0.4 is 0 Å². The van der Waals surface area contributed by atoms with E-state index >= 15 is 0 Å². The zero-order chi connectivity index (χ0) is 13.8. The average Bonchev–Trinajstić information content (AvgIpc) is 2.53. The van der Waals surface area contributed by atoms with E-state index in [1.165, 1.54) is 0 Å². The molecule has 3 aromatic rings. The quantitative estimate of drug-likeness (QED) is 0.580. The zero-order valence-corrected chi connectivity index (χ0v) is 10.5. The molecular formula is C17H9N3. The molecule has 0 atom stereocenters. The van der Waals surface area contributed by atoms with Crippen molar-refractivity contribution in [2.75, 3.05) is 0 Å². The summed E-state index contributed by atoms with van der Waals surface area (Å²) in [5.41, 5.74) is 2.99. The molecule has 20 heavy (non-hydrogen) atoms. The Hall–Kier alpha value is -3.17. The smallest absolute Gasteiger partial charge is 0.175 e. The fourth-order valence-electron chi connectivity index (χ4n) is 1.82. The molecule has 0 aliphatic carbocycles. The van der Waals surface area contributed by atoms with Crippen molar-refractivity contribution in [2.24, 2.45) is 0 Å². The van der Waals surface area contributed by atoms with Crippen molar-refractivity contribution in [3.8, 4) is 17.9 Å². The first-order valence-corrected chi connectivity index (χ1v) is 6.11. The van der Waals surface area contributed by atoms with E-state index in [-0.39, 0.29) is 5.69 Å². The second-order valence-corrected chi connectivity index (χ2v) is 4.14. The summed E-state index contributed by atoms with van der Waals surface area (Å²) in [6.45, 7) is 0. The Morgan fingerprint density at radius 2 is 1.30 bits per heavy atom. The van der Waals surface area contributed by atoms with Crippen LogP contribution in [-0.2, 0) is 0 Å². The first kappa shape index (κ1) is 11.9. The maximum Gasteiger partial charge on any atom is 0.175 e. The van der Waals surface area contributed by atoms with Crippen molar-refractivity contribution in [1.29, 1.82) is 5.26 Å². The van der Waals surface area contributed by atoms with E-state index in [9.17, 15) is 0 Å². The number of nitriles is 1. The standard InChI is InChI=1S/C17H9N3/c18-12-17-16(11-10-13-6-2-1-3-7-13)19-14-8-4-5-9-15(14)20-17/h1-9H. The molecule has 0 saturated heterocycles. The predicted octanol–water partition coefficient (Wildman–Crippen LogP) is 2.90. The number of hydrogen-bond donors (Lipinski definition) is 0. The minimum Gasteiger partial charge on any atom is -0.235 e. The van der Waals surface area contributed by atoms with Crippen LogP contribution in [0.15, 0.2) is 54.6 Å². The average molecular weight is 255 g/mol. The Morgan fingerprint density at radius 3 is 1.95 bits per heavy atom. The van der Waals surface area contributed by atoms with E-state index < -0.39 is 0 Å². The van der Waals surface area contributed by atoms with Gasteiger partial charge in [0.25, 0.3) is 0 Å². The predicted molar refractivity (Wildman–Crippen MR) is 76.7 cm³/mol. The highest BCUT2D eigenvalue weighted by Gasteiger charge is 2.05. The zero-order valence-electron chi connectivity index (χ0n) is 10.5. The van der Waals surface area contributed by atoms with Gasteiger partial charge in [-0.15, -0.1) is 0 Å². The molecule has 0 aliphatic rings. The molecule has 3 rings (SSSR count). The van der Waals surface area contributed by atoms with Gasteiger partial charge >= 0.3 is 0 Å². The molecule has 1 aromatic heterocycles. The molecule has 0 N–H and O–H groups in total. The second kappa shape index (κ2) is 5.22. The van der Waals surface area contributed by atoms with Crippen LogP contribution in [0.3, 0.4) is 0 Å². The van der Waals surface area contributed by atoms with Gasteiger partial charge in [-0.25, -0.2) is 9.97 Å². The Balaban J connectivity index is 2.12. The summed E-state index contributed by atoms with van der Waals surface area (Å²) in [5, 5.41) is 9.15. The summed E-state index contributed by atoms with van der Waals surface area (Å²) in [5.74, 6) is 5.92. The molecule has 2 aromatic carbocycles. The topological polar surface area (TPSA) is 49.6 Å². The third kappa shape index (κ3) is 2.34. The highest BCUT2D eigenvalue weighted by molar-refractivity contribution is 5.75. The summed E-state index contributed by atoms with van der Waals surface area (Å²) in [6.07, 6.45) is 0. The SMILES string of the molecule is N#Cc1nc2ccccc2nc1C#Cc1ccccc1. The molecule has 0 bridgehead atoms. The van der Waals surface area contributed by atoms with Gasteiger partial charge in [-0.3, -0.25) is 0 Å². The summed E-state index contributed by atoms with van der Waals surface area (Å²) < 4.78 is 0. The van der Waals surface area contributed by atoms with E-state index in [0.29, 0.717) is 11.2 Å². The van der Waals surface area contributed by atoms with Crippen molar-refractivity contribution in [2.45, 2.75) is 0 Å². The largest absolute Gasteiger partial charge is 0.235 e. The van der Waals surface area contributed by atoms with Crippen molar-refractivity contribution in [3.05, 3.63) is 71.5 Å². The van der Waals surface area contributed by atoms with Gasteiger partial charge in [-0.2, -0.15) is 5.26 Å². The second-order valence-electron chi connectivity index (χ2n) is 4.14. The van der Waals surface area contributed by atoms with Crippen molar-refractivity contribution in [3.63, 3.8) is 0 Å². The van der Waals surface area contributed by atoms with Crippen molar-refractivity contribution in [1.82, 2.24) is 9.97 Å². The molecule has 0 amide bonds. The van der Waals surface area contributed by atoms with Gasteiger partial charge < -0.3 is 0 Å². The molecule has 3 nitrogen and oxygen atoms in total. The van der Waals surface area contributed by atoms with E-state index in [2.05, 4.69) is 21.8 Å². The monoisotopic (exact) mass is 255 g/mol. The van der Waals surface area contributed by atoms with Crippen LogP contribution in [0.25, 0.3) is 11.0 Å². The first-order chi connectivity index (χ1) is 9.86. The lowest BCUT2D eigenvalue weighted by Gasteiger charge is -1.98. The Morgan fingerprint density at radius 1 is 0.700 bits per heavy atom. The number of aromatic nitrogens is 2. The molecular weight excluding hydrogens is 246 g/mol. The van der Waals surface area contributed by atoms with Gasteiger partial charge in [0.1, 0.15) is 6.07 Å². The highest BCUT2D eigenvalue weighted by Crippen LogP contribution is 2.11. The summed E-state index contributed by atoms with van der Waals surface area (Å²) >= 11 is 0. The lowest BCUT2D eigenvalue weighted by atomic mass is 10.2. The molecule has 3 heteroatoms. The van der Waals surface area contributed by atoms with Gasteiger partial charge in [-0.05, 0) is 30.2 Å². The van der Waals surface area contributed by atoms with Gasteiger partial charge in [-0.1, -0.05) is 36.3 Å². The first-order valence-electron chi connectivity index (χ1n) is 6.11.